The topological polar surface area (TPSA) is 38.7 Å². The lowest BCUT2D eigenvalue weighted by molar-refractivity contribution is -0.00298. The number of hydrogen-bond acceptors (Lipinski definition) is 3. The summed E-state index contributed by atoms with van der Waals surface area (Å²) in [4.78, 5) is 0. The van der Waals surface area contributed by atoms with E-state index in [1.54, 1.807) is 24.3 Å². The van der Waals surface area contributed by atoms with Crippen LogP contribution in [0.15, 0.2) is 48.5 Å². The lowest BCUT2D eigenvalue weighted by Gasteiger charge is -2.21. The predicted octanol–water partition coefficient (Wildman–Crippen LogP) is 8.58. The van der Waals surface area contributed by atoms with Crippen molar-refractivity contribution in [2.24, 2.45) is 0 Å². The molecule has 2 rings (SSSR count). The molecule has 0 radical (unpaired) electrons. The maximum atomic E-state index is 9.50. The van der Waals surface area contributed by atoms with E-state index in [-0.39, 0.29) is 12.0 Å². The van der Waals surface area contributed by atoms with E-state index in [9.17, 15) is 5.11 Å². The van der Waals surface area contributed by atoms with Gasteiger partial charge in [0.15, 0.2) is 0 Å². The van der Waals surface area contributed by atoms with Gasteiger partial charge in [-0.2, -0.15) is 0 Å². The maximum absolute atomic E-state index is 9.50. The zero-order valence-corrected chi connectivity index (χ0v) is 19.7. The fourth-order valence-corrected chi connectivity index (χ4v) is 3.80. The molecule has 0 aromatic heterocycles. The fourth-order valence-electron chi connectivity index (χ4n) is 3.80. The summed E-state index contributed by atoms with van der Waals surface area (Å²) in [6, 6.07) is 14.9. The quantitative estimate of drug-likeness (QED) is 0.203. The van der Waals surface area contributed by atoms with Crippen LogP contribution in [0.5, 0.6) is 17.2 Å². The first kappa shape index (κ1) is 25.1. The predicted molar refractivity (Wildman–Crippen MR) is 130 cm³/mol. The summed E-state index contributed by atoms with van der Waals surface area (Å²) >= 11 is 0. The summed E-state index contributed by atoms with van der Waals surface area (Å²) in [6.07, 6.45) is 16.5. The van der Waals surface area contributed by atoms with E-state index in [2.05, 4.69) is 19.9 Å². The van der Waals surface area contributed by atoms with Crippen LogP contribution < -0.4 is 9.47 Å². The molecule has 2 aromatic carbocycles. The van der Waals surface area contributed by atoms with E-state index >= 15 is 0 Å². The second-order valence-corrected chi connectivity index (χ2v) is 8.60. The van der Waals surface area contributed by atoms with Gasteiger partial charge in [-0.15, -0.1) is 0 Å². The second kappa shape index (κ2) is 15.6. The molecule has 0 bridgehead atoms. The molecule has 0 saturated carbocycles. The van der Waals surface area contributed by atoms with Crippen LogP contribution in [0.2, 0.25) is 0 Å². The molecule has 3 heteroatoms. The monoisotopic (exact) mass is 426 g/mol. The van der Waals surface area contributed by atoms with Gasteiger partial charge < -0.3 is 14.6 Å². The molecule has 31 heavy (non-hydrogen) atoms. The van der Waals surface area contributed by atoms with E-state index in [1.165, 1.54) is 70.6 Å². The molecule has 0 heterocycles. The molecular weight excluding hydrogens is 384 g/mol. The number of ether oxygens (including phenoxy) is 2. The summed E-state index contributed by atoms with van der Waals surface area (Å²) in [5.41, 5.74) is 1.11. The number of benzene rings is 2. The van der Waals surface area contributed by atoms with Crippen molar-refractivity contribution in [2.75, 3.05) is 0 Å². The zero-order valence-electron chi connectivity index (χ0n) is 19.7. The highest BCUT2D eigenvalue weighted by molar-refractivity contribution is 5.32. The van der Waals surface area contributed by atoms with E-state index in [0.29, 0.717) is 0 Å². The minimum Gasteiger partial charge on any atom is -0.508 e. The largest absolute Gasteiger partial charge is 0.508 e. The van der Waals surface area contributed by atoms with Gasteiger partial charge in [-0.1, -0.05) is 95.8 Å². The Balaban J connectivity index is 1.67. The highest BCUT2D eigenvalue weighted by Gasteiger charge is 2.14. The van der Waals surface area contributed by atoms with Gasteiger partial charge in [0.2, 0.25) is 6.29 Å². The van der Waals surface area contributed by atoms with Gasteiger partial charge >= 0.3 is 0 Å². The Morgan fingerprint density at radius 3 is 1.81 bits per heavy atom. The fraction of sp³-hybridized carbons (Fsp3) is 0.571. The van der Waals surface area contributed by atoms with Gasteiger partial charge in [-0.25, -0.2) is 0 Å². The van der Waals surface area contributed by atoms with E-state index in [1.807, 2.05) is 18.2 Å². The normalized spacial score (nSPS) is 11.9. The van der Waals surface area contributed by atoms with Crippen LogP contribution in [0.3, 0.4) is 0 Å². The van der Waals surface area contributed by atoms with Crippen LogP contribution in [0, 0.1) is 6.92 Å². The summed E-state index contributed by atoms with van der Waals surface area (Å²) in [6.45, 7) is 4.33. The molecule has 2 aromatic rings. The average Bonchev–Trinajstić information content (AvgIpc) is 2.77. The Morgan fingerprint density at radius 2 is 1.23 bits per heavy atom. The SMILES string of the molecule is CCCCCCCCCCCCCCC(Oc1ccc(O)cc1)Oc1ccccc1C. The first-order valence-electron chi connectivity index (χ1n) is 12.4. The lowest BCUT2D eigenvalue weighted by atomic mass is 10.0. The molecule has 0 saturated heterocycles. The average molecular weight is 427 g/mol. The molecular formula is C28H42O3. The Bertz CT molecular complexity index is 696. The van der Waals surface area contributed by atoms with Crippen molar-refractivity contribution in [3.8, 4) is 17.2 Å². The van der Waals surface area contributed by atoms with Crippen molar-refractivity contribution in [3.63, 3.8) is 0 Å². The molecule has 0 amide bonds. The molecule has 0 spiro atoms. The van der Waals surface area contributed by atoms with E-state index in [4.69, 9.17) is 9.47 Å². The van der Waals surface area contributed by atoms with Crippen LogP contribution in [0.1, 0.15) is 96.0 Å². The van der Waals surface area contributed by atoms with Gasteiger partial charge in [0.25, 0.3) is 0 Å². The lowest BCUT2D eigenvalue weighted by Crippen LogP contribution is -2.24. The number of aryl methyl sites for hydroxylation is 1. The van der Waals surface area contributed by atoms with E-state index in [0.717, 1.165) is 29.9 Å². The Labute approximate surface area is 189 Å². The van der Waals surface area contributed by atoms with Crippen molar-refractivity contribution in [1.82, 2.24) is 0 Å². The van der Waals surface area contributed by atoms with Crippen molar-refractivity contribution in [3.05, 3.63) is 54.1 Å². The zero-order chi connectivity index (χ0) is 22.2. The molecule has 1 N–H and O–H groups in total. The van der Waals surface area contributed by atoms with Gasteiger partial charge in [0, 0.05) is 6.42 Å². The summed E-state index contributed by atoms with van der Waals surface area (Å²) in [5.74, 6) is 1.82. The van der Waals surface area contributed by atoms with Gasteiger partial charge in [-0.05, 0) is 49.2 Å². The molecule has 0 fully saturated rings. The first-order chi connectivity index (χ1) is 15.2. The van der Waals surface area contributed by atoms with Crippen molar-refractivity contribution in [1.29, 1.82) is 0 Å². The molecule has 172 valence electrons. The number of phenols is 1. The summed E-state index contributed by atoms with van der Waals surface area (Å²) in [7, 11) is 0. The van der Waals surface area contributed by atoms with Crippen LogP contribution in [0.25, 0.3) is 0 Å². The third-order valence-electron chi connectivity index (χ3n) is 5.75. The number of para-hydroxylation sites is 1. The van der Waals surface area contributed by atoms with Gasteiger partial charge in [-0.3, -0.25) is 0 Å². The number of rotatable bonds is 17. The van der Waals surface area contributed by atoms with Gasteiger partial charge in [0.1, 0.15) is 17.2 Å². The Kier molecular flexibility index (Phi) is 12.6. The highest BCUT2D eigenvalue weighted by Crippen LogP contribution is 2.24. The minimum atomic E-state index is -0.325. The molecule has 1 unspecified atom stereocenters. The van der Waals surface area contributed by atoms with Crippen LogP contribution >= 0.6 is 0 Å². The van der Waals surface area contributed by atoms with Gasteiger partial charge in [0.05, 0.1) is 0 Å². The van der Waals surface area contributed by atoms with Crippen LogP contribution in [-0.4, -0.2) is 11.4 Å². The van der Waals surface area contributed by atoms with Crippen molar-refractivity contribution < 1.29 is 14.6 Å². The van der Waals surface area contributed by atoms with Crippen LogP contribution in [-0.2, 0) is 0 Å². The molecule has 3 nitrogen and oxygen atoms in total. The third kappa shape index (κ3) is 11.1. The summed E-state index contributed by atoms with van der Waals surface area (Å²) < 4.78 is 12.3. The molecule has 0 aliphatic heterocycles. The highest BCUT2D eigenvalue weighted by atomic mass is 16.7. The molecule has 0 aliphatic rings. The Morgan fingerprint density at radius 1 is 0.677 bits per heavy atom. The number of phenolic OH excluding ortho intramolecular Hbond substituents is 1. The standard InChI is InChI=1S/C28H42O3/c1-3-4-5-6-7-8-9-10-11-12-13-14-19-28(30-26-22-20-25(29)21-23-26)31-27-18-16-15-17-24(27)2/h15-18,20-23,28-29H,3-14,19H2,1-2H3. The van der Waals surface area contributed by atoms with E-state index < -0.39 is 0 Å². The maximum Gasteiger partial charge on any atom is 0.241 e. The summed E-state index contributed by atoms with van der Waals surface area (Å²) in [5, 5.41) is 9.50. The Hall–Kier alpha value is -2.16. The molecule has 0 aliphatic carbocycles. The second-order valence-electron chi connectivity index (χ2n) is 8.60. The van der Waals surface area contributed by atoms with Crippen molar-refractivity contribution in [2.45, 2.75) is 104 Å². The first-order valence-corrected chi connectivity index (χ1v) is 12.4. The minimum absolute atomic E-state index is 0.240. The third-order valence-corrected chi connectivity index (χ3v) is 5.75. The van der Waals surface area contributed by atoms with Crippen LogP contribution in [0.4, 0.5) is 0 Å². The molecule has 1 atom stereocenters. The smallest absolute Gasteiger partial charge is 0.241 e. The number of aromatic hydroxyl groups is 1. The number of hydrogen-bond donors (Lipinski definition) is 1. The number of unbranched alkanes of at least 4 members (excludes halogenated alkanes) is 11. The van der Waals surface area contributed by atoms with Crippen molar-refractivity contribution >= 4 is 0 Å².